The molecule has 0 aliphatic heterocycles. The first-order valence-corrected chi connectivity index (χ1v) is 11.6. The van der Waals surface area contributed by atoms with Crippen molar-refractivity contribution in [3.05, 3.63) is 96.4 Å². The number of alkyl halides is 3. The van der Waals surface area contributed by atoms with Crippen molar-refractivity contribution < 1.29 is 18.0 Å². The van der Waals surface area contributed by atoms with Crippen molar-refractivity contribution >= 4 is 11.9 Å². The van der Waals surface area contributed by atoms with Crippen LogP contribution >= 0.6 is 0 Å². The SMILES string of the molecule is NCC(=O)N[C@H](CNc1ncc(-c2cccc(C(F)(F)F)c2)c(-c2ccncc2)n1)Cc1ccccc1. The molecule has 2 aromatic heterocycles. The second-order valence-electron chi connectivity index (χ2n) is 8.31. The van der Waals surface area contributed by atoms with E-state index in [0.717, 1.165) is 17.7 Å². The Morgan fingerprint density at radius 3 is 2.43 bits per heavy atom. The maximum absolute atomic E-state index is 13.3. The summed E-state index contributed by atoms with van der Waals surface area (Å²) in [5, 5.41) is 6.04. The number of carbonyl (C=O) groups is 1. The van der Waals surface area contributed by atoms with Gasteiger partial charge in [-0.25, -0.2) is 9.97 Å². The van der Waals surface area contributed by atoms with Crippen LogP contribution in [0.4, 0.5) is 19.1 Å². The van der Waals surface area contributed by atoms with Crippen molar-refractivity contribution in [2.45, 2.75) is 18.6 Å². The van der Waals surface area contributed by atoms with Gasteiger partial charge in [0.15, 0.2) is 0 Å². The molecule has 10 heteroatoms. The first-order valence-electron chi connectivity index (χ1n) is 11.6. The van der Waals surface area contributed by atoms with Crippen LogP contribution in [-0.4, -0.2) is 40.0 Å². The summed E-state index contributed by atoms with van der Waals surface area (Å²) >= 11 is 0. The molecule has 0 unspecified atom stereocenters. The van der Waals surface area contributed by atoms with Gasteiger partial charge in [-0.2, -0.15) is 13.2 Å². The summed E-state index contributed by atoms with van der Waals surface area (Å²) in [4.78, 5) is 25.0. The lowest BCUT2D eigenvalue weighted by molar-refractivity contribution is -0.137. The summed E-state index contributed by atoms with van der Waals surface area (Å²) in [5.74, 6) is -0.0244. The molecule has 0 bridgehead atoms. The summed E-state index contributed by atoms with van der Waals surface area (Å²) in [7, 11) is 0. The molecule has 0 aliphatic carbocycles. The maximum atomic E-state index is 13.3. The highest BCUT2D eigenvalue weighted by molar-refractivity contribution is 5.81. The van der Waals surface area contributed by atoms with Crippen LogP contribution in [0.15, 0.2) is 85.3 Å². The van der Waals surface area contributed by atoms with Crippen LogP contribution in [0.3, 0.4) is 0 Å². The van der Waals surface area contributed by atoms with E-state index >= 15 is 0 Å². The summed E-state index contributed by atoms with van der Waals surface area (Å²) in [6.07, 6.45) is 0.735. The van der Waals surface area contributed by atoms with Gasteiger partial charge in [0.25, 0.3) is 0 Å². The molecule has 1 amide bonds. The number of hydrogen-bond donors (Lipinski definition) is 3. The van der Waals surface area contributed by atoms with Gasteiger partial charge in [-0.1, -0.05) is 42.5 Å². The van der Waals surface area contributed by atoms with Gasteiger partial charge in [-0.15, -0.1) is 0 Å². The molecule has 0 fully saturated rings. The number of hydrogen-bond acceptors (Lipinski definition) is 6. The number of halogens is 3. The van der Waals surface area contributed by atoms with Crippen molar-refractivity contribution in [3.63, 3.8) is 0 Å². The molecule has 0 aliphatic rings. The number of nitrogens with one attached hydrogen (secondary N) is 2. The van der Waals surface area contributed by atoms with Gasteiger partial charge < -0.3 is 16.4 Å². The standard InChI is InChI=1S/C27H25F3N6O/c28-27(29,30)21-8-4-7-20(14-21)23-17-34-26(36-25(23)19-9-11-32-12-10-19)33-16-22(35-24(37)15-31)13-18-5-2-1-3-6-18/h1-12,14,17,22H,13,15-16,31H2,(H,35,37)(H,33,34,36)/t22-/m0/s1. The van der Waals surface area contributed by atoms with E-state index in [1.807, 2.05) is 30.3 Å². The predicted molar refractivity (Wildman–Crippen MR) is 135 cm³/mol. The van der Waals surface area contributed by atoms with Crippen molar-refractivity contribution in [2.75, 3.05) is 18.4 Å². The van der Waals surface area contributed by atoms with Crippen molar-refractivity contribution in [2.24, 2.45) is 5.73 Å². The third-order valence-electron chi connectivity index (χ3n) is 5.63. The summed E-state index contributed by atoms with van der Waals surface area (Å²) in [6.45, 7) is 0.166. The Balaban J connectivity index is 1.63. The maximum Gasteiger partial charge on any atom is 0.416 e. The average Bonchev–Trinajstić information content (AvgIpc) is 2.92. The Morgan fingerprint density at radius 1 is 0.973 bits per heavy atom. The largest absolute Gasteiger partial charge is 0.416 e. The summed E-state index contributed by atoms with van der Waals surface area (Å²) < 4.78 is 40.0. The lowest BCUT2D eigenvalue weighted by Crippen LogP contribution is -2.44. The molecule has 190 valence electrons. The van der Waals surface area contributed by atoms with Gasteiger partial charge in [0.1, 0.15) is 0 Å². The van der Waals surface area contributed by atoms with Gasteiger partial charge in [0.05, 0.1) is 23.8 Å². The highest BCUT2D eigenvalue weighted by Crippen LogP contribution is 2.35. The molecular weight excluding hydrogens is 481 g/mol. The smallest absolute Gasteiger partial charge is 0.352 e. The first-order chi connectivity index (χ1) is 17.8. The van der Waals surface area contributed by atoms with E-state index in [0.29, 0.717) is 35.3 Å². The quantitative estimate of drug-likeness (QED) is 0.312. The first kappa shape index (κ1) is 25.8. The summed E-state index contributed by atoms with van der Waals surface area (Å²) in [5.41, 5.74) is 7.66. The zero-order valence-electron chi connectivity index (χ0n) is 19.7. The molecule has 37 heavy (non-hydrogen) atoms. The number of amides is 1. The Hall–Kier alpha value is -4.31. The van der Waals surface area contributed by atoms with Crippen LogP contribution in [0.25, 0.3) is 22.4 Å². The molecule has 4 N–H and O–H groups in total. The Labute approximate surface area is 212 Å². The van der Waals surface area contributed by atoms with Gasteiger partial charge in [0.2, 0.25) is 11.9 Å². The van der Waals surface area contributed by atoms with Crippen LogP contribution in [0.2, 0.25) is 0 Å². The van der Waals surface area contributed by atoms with E-state index < -0.39 is 11.7 Å². The highest BCUT2D eigenvalue weighted by atomic mass is 19.4. The van der Waals surface area contributed by atoms with Crippen LogP contribution in [-0.2, 0) is 17.4 Å². The molecule has 0 radical (unpaired) electrons. The minimum atomic E-state index is -4.48. The third kappa shape index (κ3) is 6.89. The van der Waals surface area contributed by atoms with Crippen LogP contribution in [0.1, 0.15) is 11.1 Å². The van der Waals surface area contributed by atoms with Gasteiger partial charge in [-0.05, 0) is 41.8 Å². The molecule has 4 aromatic rings. The van der Waals surface area contributed by atoms with E-state index in [1.165, 1.54) is 12.3 Å². The third-order valence-corrected chi connectivity index (χ3v) is 5.63. The van der Waals surface area contributed by atoms with Gasteiger partial charge in [-0.3, -0.25) is 9.78 Å². The fourth-order valence-corrected chi connectivity index (χ4v) is 3.85. The number of benzene rings is 2. The Morgan fingerprint density at radius 2 is 1.73 bits per heavy atom. The number of rotatable bonds is 9. The van der Waals surface area contributed by atoms with Gasteiger partial charge in [0, 0.05) is 36.3 Å². The average molecular weight is 507 g/mol. The zero-order valence-corrected chi connectivity index (χ0v) is 19.7. The molecular formula is C27H25F3N6O. The van der Waals surface area contributed by atoms with Crippen molar-refractivity contribution in [1.29, 1.82) is 0 Å². The fourth-order valence-electron chi connectivity index (χ4n) is 3.85. The van der Waals surface area contributed by atoms with Crippen LogP contribution in [0.5, 0.6) is 0 Å². The molecule has 7 nitrogen and oxygen atoms in total. The van der Waals surface area contributed by atoms with Gasteiger partial charge >= 0.3 is 6.18 Å². The van der Waals surface area contributed by atoms with E-state index in [2.05, 4.69) is 25.6 Å². The predicted octanol–water partition coefficient (Wildman–Crippen LogP) is 4.32. The number of anilines is 1. The molecule has 2 heterocycles. The molecule has 1 atom stereocenters. The summed E-state index contributed by atoms with van der Waals surface area (Å²) in [6, 6.07) is 17.9. The number of nitrogens with zero attached hydrogens (tertiary/aromatic N) is 3. The minimum absolute atomic E-state index is 0.139. The Bertz CT molecular complexity index is 1330. The second kappa shape index (κ2) is 11.6. The zero-order chi connectivity index (χ0) is 26.3. The fraction of sp³-hybridized carbons (Fsp3) is 0.185. The molecule has 2 aromatic carbocycles. The van der Waals surface area contributed by atoms with E-state index in [9.17, 15) is 18.0 Å². The highest BCUT2D eigenvalue weighted by Gasteiger charge is 2.30. The topological polar surface area (TPSA) is 106 Å². The number of nitrogens with two attached hydrogens (primary N) is 1. The normalized spacial score (nSPS) is 12.1. The molecule has 4 rings (SSSR count). The molecule has 0 saturated carbocycles. The lowest BCUT2D eigenvalue weighted by atomic mass is 9.99. The van der Waals surface area contributed by atoms with E-state index in [1.54, 1.807) is 30.6 Å². The minimum Gasteiger partial charge on any atom is -0.352 e. The second-order valence-corrected chi connectivity index (χ2v) is 8.31. The number of carbonyl (C=O) groups excluding carboxylic acids is 1. The van der Waals surface area contributed by atoms with Crippen LogP contribution < -0.4 is 16.4 Å². The van der Waals surface area contributed by atoms with E-state index in [-0.39, 0.29) is 24.4 Å². The van der Waals surface area contributed by atoms with E-state index in [4.69, 9.17) is 5.73 Å². The molecule has 0 spiro atoms. The number of pyridine rings is 1. The molecule has 0 saturated heterocycles. The number of aromatic nitrogens is 3. The monoisotopic (exact) mass is 506 g/mol. The Kier molecular flexibility index (Phi) is 8.09. The van der Waals surface area contributed by atoms with Crippen molar-refractivity contribution in [1.82, 2.24) is 20.3 Å². The lowest BCUT2D eigenvalue weighted by Gasteiger charge is -2.20. The van der Waals surface area contributed by atoms with Crippen molar-refractivity contribution in [3.8, 4) is 22.4 Å². The van der Waals surface area contributed by atoms with Crippen LogP contribution in [0, 0.1) is 0 Å².